The Bertz CT molecular complexity index is 2390. The van der Waals surface area contributed by atoms with E-state index in [0.29, 0.717) is 74.4 Å². The van der Waals surface area contributed by atoms with Crippen molar-refractivity contribution in [3.8, 4) is 0 Å². The first kappa shape index (κ1) is 66.7. The molecule has 6 amide bonds. The molecule has 2 aliphatic rings. The Labute approximate surface area is 431 Å². The van der Waals surface area contributed by atoms with Crippen molar-refractivity contribution < 1.29 is 98.0 Å². The number of carboxylic acid groups (broad SMARTS) is 3. The Hall–Kier alpha value is -8.30. The van der Waals surface area contributed by atoms with Gasteiger partial charge in [0.2, 0.25) is 29.5 Å². The number of carbonyl (C=O) groups is 9. The predicted octanol–water partition coefficient (Wildman–Crippen LogP) is 0.999. The molecule has 25 nitrogen and oxygen atoms in total. The molecule has 0 radical (unpaired) electrons. The summed E-state index contributed by atoms with van der Waals surface area (Å²) in [5, 5.41) is 35.2. The number of imide groups is 1. The lowest BCUT2D eigenvalue weighted by Gasteiger charge is -2.35. The highest BCUT2D eigenvalue weighted by atomic mass is 19.4. The number of piperidine rings is 1. The number of hydrogen-bond donors (Lipinski definition) is 12. The molecule has 2 aliphatic heterocycles. The number of nitrogens with two attached hydrogens (primary N) is 4. The summed E-state index contributed by atoms with van der Waals surface area (Å²) in [6.45, 7) is 4.40. The van der Waals surface area contributed by atoms with Crippen molar-refractivity contribution >= 4 is 82.3 Å². The minimum Gasteiger partial charge on any atom is -0.475 e. The van der Waals surface area contributed by atoms with E-state index in [2.05, 4.69) is 36.6 Å². The van der Waals surface area contributed by atoms with Crippen LogP contribution in [0, 0.1) is 0 Å². The van der Waals surface area contributed by atoms with Gasteiger partial charge in [0.15, 0.2) is 11.9 Å². The largest absolute Gasteiger partial charge is 0.490 e. The van der Waals surface area contributed by atoms with E-state index in [4.69, 9.17) is 52.6 Å². The van der Waals surface area contributed by atoms with Crippen molar-refractivity contribution in [1.29, 1.82) is 0 Å². The summed E-state index contributed by atoms with van der Waals surface area (Å²) in [5.74, 6) is -11.3. The number of rotatable bonds is 17. The number of aliphatic carboxylic acids is 3. The molecule has 1 saturated heterocycles. The fraction of sp³-hybridized carbons (Fsp3) is 0.465. The fourth-order valence-electron chi connectivity index (χ4n) is 6.53. The van der Waals surface area contributed by atoms with Crippen LogP contribution in [-0.4, -0.2) is 161 Å². The van der Waals surface area contributed by atoms with Crippen molar-refractivity contribution in [3.05, 3.63) is 54.1 Å². The van der Waals surface area contributed by atoms with Crippen LogP contribution in [0.15, 0.2) is 58.5 Å². The van der Waals surface area contributed by atoms with Gasteiger partial charge in [-0.1, -0.05) is 24.3 Å². The molecule has 1 fully saturated rings. The van der Waals surface area contributed by atoms with E-state index in [1.54, 1.807) is 47.4 Å². The lowest BCUT2D eigenvalue weighted by molar-refractivity contribution is -0.193. The lowest BCUT2D eigenvalue weighted by atomic mass is 10.0. The molecule has 428 valence electrons. The summed E-state index contributed by atoms with van der Waals surface area (Å²) in [6, 6.07) is 11.3. The maximum Gasteiger partial charge on any atom is 0.490 e. The molecule has 0 unspecified atom stereocenters. The second-order valence-electron chi connectivity index (χ2n) is 16.1. The molecule has 2 aromatic carbocycles. The van der Waals surface area contributed by atoms with Crippen molar-refractivity contribution in [1.82, 2.24) is 26.2 Å². The van der Waals surface area contributed by atoms with E-state index in [1.807, 2.05) is 11.0 Å². The Kier molecular flexibility index (Phi) is 26.8. The average molecular weight is 1120 g/mol. The third kappa shape index (κ3) is 25.2. The van der Waals surface area contributed by atoms with Gasteiger partial charge in [0.1, 0.15) is 12.1 Å². The second-order valence-corrected chi connectivity index (χ2v) is 16.1. The van der Waals surface area contributed by atoms with Crippen molar-refractivity contribution in [2.24, 2.45) is 32.9 Å². The molecule has 16 N–H and O–H groups in total. The number of benzene rings is 2. The number of likely N-dealkylation sites (tertiary alicyclic amines) is 1. The highest BCUT2D eigenvalue weighted by molar-refractivity contribution is 6.18. The number of aliphatic imine (C=N–C) groups is 2. The molecule has 0 spiro atoms. The van der Waals surface area contributed by atoms with E-state index < -0.39 is 78.2 Å². The molecule has 77 heavy (non-hydrogen) atoms. The number of amides is 6. The smallest absolute Gasteiger partial charge is 0.475 e. The quantitative estimate of drug-likeness (QED) is 0.0455. The number of carbonyl (C=O) groups excluding carboxylic acids is 6. The fourth-order valence-corrected chi connectivity index (χ4v) is 6.53. The Morgan fingerprint density at radius 3 is 1.57 bits per heavy atom. The first-order valence-corrected chi connectivity index (χ1v) is 22.3. The maximum atomic E-state index is 14.0. The van der Waals surface area contributed by atoms with Gasteiger partial charge in [0.25, 0.3) is 5.91 Å². The summed E-state index contributed by atoms with van der Waals surface area (Å²) < 4.78 is 95.2. The van der Waals surface area contributed by atoms with Crippen LogP contribution in [0.4, 0.5) is 56.6 Å². The second kappa shape index (κ2) is 30.9. The SMILES string of the molecule is CC(=O)NC(=O)[C@H](CCCN=C(N)N)NC(=O)[C@H](C)NC(=O)[C@H](CCCN=C(N)N)NC1CCN(CC(=O)N2c3ccccc3NC(=O)c3ccccc32)CC1.O=C(O)C(F)(F)F.O=C(O)C(F)(F)F.O=C(O)C(F)(F)F. The highest BCUT2D eigenvalue weighted by Crippen LogP contribution is 2.38. The highest BCUT2D eigenvalue weighted by Gasteiger charge is 2.40. The van der Waals surface area contributed by atoms with Crippen LogP contribution >= 0.6 is 0 Å². The minimum atomic E-state index is -5.08. The number of anilines is 3. The summed E-state index contributed by atoms with van der Waals surface area (Å²) in [7, 11) is 0. The number of halogens is 9. The van der Waals surface area contributed by atoms with Gasteiger partial charge in [0, 0.05) is 39.1 Å². The zero-order valence-electron chi connectivity index (χ0n) is 40.7. The average Bonchev–Trinajstić information content (AvgIpc) is 3.44. The lowest BCUT2D eigenvalue weighted by Crippen LogP contribution is -2.57. The van der Waals surface area contributed by atoms with E-state index in [1.165, 1.54) is 13.8 Å². The molecule has 0 bridgehead atoms. The van der Waals surface area contributed by atoms with E-state index in [0.717, 1.165) is 0 Å². The van der Waals surface area contributed by atoms with Crippen LogP contribution < -0.4 is 54.4 Å². The van der Waals surface area contributed by atoms with Crippen molar-refractivity contribution in [2.75, 3.05) is 42.9 Å². The van der Waals surface area contributed by atoms with Gasteiger partial charge in [-0.3, -0.25) is 53.9 Å². The number of hydrogen-bond acceptors (Lipinski definition) is 13. The maximum absolute atomic E-state index is 14.0. The topological polar surface area (TPSA) is 410 Å². The van der Waals surface area contributed by atoms with Crippen molar-refractivity contribution in [3.63, 3.8) is 0 Å². The van der Waals surface area contributed by atoms with Gasteiger partial charge >= 0.3 is 36.4 Å². The van der Waals surface area contributed by atoms with Gasteiger partial charge in [-0.25, -0.2) is 14.4 Å². The Morgan fingerprint density at radius 2 is 1.12 bits per heavy atom. The Balaban J connectivity index is 0.00000118. The van der Waals surface area contributed by atoms with Gasteiger partial charge in [-0.2, -0.15) is 39.5 Å². The zero-order valence-corrected chi connectivity index (χ0v) is 40.7. The predicted molar refractivity (Wildman–Crippen MR) is 254 cm³/mol. The van der Waals surface area contributed by atoms with Crippen LogP contribution in [-0.2, 0) is 38.4 Å². The number of nitrogens with zero attached hydrogens (tertiary/aromatic N) is 4. The van der Waals surface area contributed by atoms with Crippen LogP contribution in [0.1, 0.15) is 62.7 Å². The van der Waals surface area contributed by atoms with Crippen LogP contribution in [0.2, 0.25) is 0 Å². The van der Waals surface area contributed by atoms with Crippen LogP contribution in [0.3, 0.4) is 0 Å². The molecular formula is C43H56F9N13O12. The molecule has 2 aromatic rings. The molecular weight excluding hydrogens is 1060 g/mol. The summed E-state index contributed by atoms with van der Waals surface area (Å²) in [6.07, 6.45) is -12.7. The van der Waals surface area contributed by atoms with Gasteiger partial charge in [-0.05, 0) is 69.7 Å². The van der Waals surface area contributed by atoms with Gasteiger partial charge in [-0.15, -0.1) is 0 Å². The van der Waals surface area contributed by atoms with Crippen molar-refractivity contribution in [2.45, 2.75) is 95.1 Å². The molecule has 0 aromatic heterocycles. The monoisotopic (exact) mass is 1120 g/mol. The van der Waals surface area contributed by atoms with E-state index in [9.17, 15) is 68.3 Å². The number of guanidine groups is 2. The minimum absolute atomic E-state index is 0.0668. The molecule has 2 heterocycles. The summed E-state index contributed by atoms with van der Waals surface area (Å²) in [5.41, 5.74) is 23.7. The molecule has 0 saturated carbocycles. The summed E-state index contributed by atoms with van der Waals surface area (Å²) in [4.78, 5) is 116. The first-order valence-electron chi connectivity index (χ1n) is 22.3. The Morgan fingerprint density at radius 1 is 0.675 bits per heavy atom. The number of alkyl halides is 9. The van der Waals surface area contributed by atoms with E-state index >= 15 is 0 Å². The van der Waals surface area contributed by atoms with Gasteiger partial charge in [0.05, 0.1) is 35.2 Å². The number of nitrogens with one attached hydrogen (secondary N) is 5. The van der Waals surface area contributed by atoms with Crippen LogP contribution in [0.25, 0.3) is 0 Å². The summed E-state index contributed by atoms with van der Waals surface area (Å²) >= 11 is 0. The first-order chi connectivity index (χ1) is 35.6. The molecule has 34 heteroatoms. The van der Waals surface area contributed by atoms with E-state index in [-0.39, 0.29) is 49.3 Å². The molecule has 3 atom stereocenters. The zero-order chi connectivity index (χ0) is 59.0. The normalized spacial score (nSPS) is 14.5. The number of para-hydroxylation sites is 3. The number of carboxylic acids is 3. The number of fused-ring (bicyclic) bond motifs is 2. The van der Waals surface area contributed by atoms with Gasteiger partial charge < -0.3 is 59.5 Å². The third-order valence-electron chi connectivity index (χ3n) is 10.0. The van der Waals surface area contributed by atoms with Crippen LogP contribution in [0.5, 0.6) is 0 Å². The third-order valence-corrected chi connectivity index (χ3v) is 10.0. The molecule has 0 aliphatic carbocycles. The molecule has 4 rings (SSSR count). The standard InChI is InChI=1S/C37H53N13O6.3C2HF3O2/c1-22(32(53)48-28(35(56)45-23(2)51)12-8-18-43-37(40)41)44-34(55)27(11-7-17-42-36(38)39)46-24-15-19-49(20-16-24)21-31(52)50-29-13-5-3-9-25(29)33(54)47-26-10-4-6-14-30(26)50;3*3-2(4,5)1(6)7/h3-6,9-10,13-14,22,24,27-28,46H,7-8,11-12,15-21H2,1-2H3,(H,44,55)(H,47,54)(H,48,53)(H4,38,39,42)(H4,40,41,43)(H,45,51,56);3*(H,6,7)/t22-,27-,28-;;;/m0.../s1.